The summed E-state index contributed by atoms with van der Waals surface area (Å²) in [6.07, 6.45) is 0. The Labute approximate surface area is 89.4 Å². The van der Waals surface area contributed by atoms with Gasteiger partial charge in [0.25, 0.3) is 0 Å². The van der Waals surface area contributed by atoms with E-state index >= 15 is 0 Å². The molecule has 0 unspecified atom stereocenters. The lowest BCUT2D eigenvalue weighted by Crippen LogP contribution is -2.13. The van der Waals surface area contributed by atoms with Crippen LogP contribution in [0.1, 0.15) is 5.56 Å². The highest BCUT2D eigenvalue weighted by molar-refractivity contribution is 5.47. The van der Waals surface area contributed by atoms with E-state index in [4.69, 9.17) is 0 Å². The standard InChI is InChI=1S/C13H12NO/c15-14(13-9-5-2-6-10-13)11-12-7-3-1-4-8-12/h1-10H,11H2/q-1. The average Bonchev–Trinajstić information content (AvgIpc) is 2.31. The molecular weight excluding hydrogens is 186 g/mol. The van der Waals surface area contributed by atoms with E-state index in [-0.39, 0.29) is 0 Å². The quantitative estimate of drug-likeness (QED) is 0.708. The van der Waals surface area contributed by atoms with E-state index in [2.05, 4.69) is 0 Å². The van der Waals surface area contributed by atoms with Gasteiger partial charge in [-0.3, -0.25) is 0 Å². The zero-order chi connectivity index (χ0) is 10.5. The number of hydrogen-bond acceptors (Lipinski definition) is 2. The summed E-state index contributed by atoms with van der Waals surface area (Å²) in [4.78, 5) is 0. The normalized spacial score (nSPS) is 9.93. The third-order valence-electron chi connectivity index (χ3n) is 2.21. The van der Waals surface area contributed by atoms with Crippen molar-refractivity contribution in [2.45, 2.75) is 6.54 Å². The number of rotatable bonds is 3. The molecule has 2 rings (SSSR count). The van der Waals surface area contributed by atoms with Crippen molar-refractivity contribution < 1.29 is 0 Å². The van der Waals surface area contributed by atoms with Crippen molar-refractivity contribution in [2.24, 2.45) is 0 Å². The molecule has 0 amide bonds. The fraction of sp³-hybridized carbons (Fsp3) is 0.0769. The summed E-state index contributed by atoms with van der Waals surface area (Å²) in [5.74, 6) is 0. The molecule has 0 saturated heterocycles. The lowest BCUT2D eigenvalue weighted by atomic mass is 10.2. The second-order valence-corrected chi connectivity index (χ2v) is 3.36. The van der Waals surface area contributed by atoms with Gasteiger partial charge >= 0.3 is 0 Å². The number of hydrogen-bond donors (Lipinski definition) is 0. The Morgan fingerprint density at radius 3 is 1.93 bits per heavy atom. The van der Waals surface area contributed by atoms with Gasteiger partial charge in [0.1, 0.15) is 0 Å². The van der Waals surface area contributed by atoms with Crippen molar-refractivity contribution >= 4 is 5.69 Å². The van der Waals surface area contributed by atoms with Crippen LogP contribution in [-0.2, 0) is 6.54 Å². The Kier molecular flexibility index (Phi) is 3.00. The van der Waals surface area contributed by atoms with Crippen LogP contribution in [-0.4, -0.2) is 0 Å². The number of benzene rings is 2. The van der Waals surface area contributed by atoms with Gasteiger partial charge < -0.3 is 10.3 Å². The number of para-hydroxylation sites is 1. The van der Waals surface area contributed by atoms with E-state index in [1.165, 1.54) is 0 Å². The summed E-state index contributed by atoms with van der Waals surface area (Å²) in [6, 6.07) is 19.0. The van der Waals surface area contributed by atoms with Crippen LogP contribution >= 0.6 is 0 Å². The molecule has 0 N–H and O–H groups in total. The highest BCUT2D eigenvalue weighted by Gasteiger charge is 1.95. The third-order valence-corrected chi connectivity index (χ3v) is 2.21. The van der Waals surface area contributed by atoms with Crippen molar-refractivity contribution in [1.82, 2.24) is 0 Å². The van der Waals surface area contributed by atoms with Crippen molar-refractivity contribution in [2.75, 3.05) is 5.06 Å². The van der Waals surface area contributed by atoms with Crippen molar-refractivity contribution in [3.05, 3.63) is 71.4 Å². The zero-order valence-corrected chi connectivity index (χ0v) is 8.34. The van der Waals surface area contributed by atoms with Crippen molar-refractivity contribution in [3.8, 4) is 0 Å². The second kappa shape index (κ2) is 4.62. The van der Waals surface area contributed by atoms with Crippen LogP contribution < -0.4 is 5.06 Å². The summed E-state index contributed by atoms with van der Waals surface area (Å²) >= 11 is 0. The maximum Gasteiger partial charge on any atom is 0.0315 e. The SMILES string of the molecule is [O-]N(Cc1ccccc1)c1ccccc1. The second-order valence-electron chi connectivity index (χ2n) is 3.36. The van der Waals surface area contributed by atoms with E-state index in [1.807, 2.05) is 60.7 Å². The monoisotopic (exact) mass is 198 g/mol. The summed E-state index contributed by atoms with van der Waals surface area (Å²) < 4.78 is 0. The molecule has 2 heteroatoms. The third kappa shape index (κ3) is 2.58. The minimum Gasteiger partial charge on any atom is -0.758 e. The first-order chi connectivity index (χ1) is 7.36. The maximum atomic E-state index is 11.7. The molecule has 2 aromatic rings. The summed E-state index contributed by atoms with van der Waals surface area (Å²) in [7, 11) is 0. The highest BCUT2D eigenvalue weighted by Crippen LogP contribution is 2.14. The zero-order valence-electron chi connectivity index (χ0n) is 8.34. The van der Waals surface area contributed by atoms with Gasteiger partial charge in [-0.05, 0) is 17.7 Å². The van der Waals surface area contributed by atoms with E-state index in [0.29, 0.717) is 12.2 Å². The minimum absolute atomic E-state index is 0.394. The fourth-order valence-electron chi connectivity index (χ4n) is 1.43. The Balaban J connectivity index is 2.08. The molecule has 0 atom stereocenters. The summed E-state index contributed by atoms with van der Waals surface area (Å²) in [6.45, 7) is 0.394. The van der Waals surface area contributed by atoms with E-state index < -0.39 is 0 Å². The highest BCUT2D eigenvalue weighted by atomic mass is 16.5. The molecule has 2 aromatic carbocycles. The van der Waals surface area contributed by atoms with Crippen molar-refractivity contribution in [1.29, 1.82) is 0 Å². The fourth-order valence-corrected chi connectivity index (χ4v) is 1.43. The molecule has 15 heavy (non-hydrogen) atoms. The summed E-state index contributed by atoms with van der Waals surface area (Å²) in [5, 5.41) is 12.7. The van der Waals surface area contributed by atoms with Gasteiger partial charge in [0.15, 0.2) is 0 Å². The van der Waals surface area contributed by atoms with Crippen LogP contribution in [0, 0.1) is 5.21 Å². The molecular formula is C13H12NO-. The van der Waals surface area contributed by atoms with Crippen LogP contribution in [0.4, 0.5) is 5.69 Å². The number of nitrogens with zero attached hydrogens (tertiary/aromatic N) is 1. The van der Waals surface area contributed by atoms with E-state index in [1.54, 1.807) is 0 Å². The van der Waals surface area contributed by atoms with Crippen LogP contribution in [0.5, 0.6) is 0 Å². The smallest absolute Gasteiger partial charge is 0.0315 e. The Morgan fingerprint density at radius 1 is 0.800 bits per heavy atom. The van der Waals surface area contributed by atoms with Gasteiger partial charge in [-0.2, -0.15) is 0 Å². The maximum absolute atomic E-state index is 11.7. The van der Waals surface area contributed by atoms with E-state index in [9.17, 15) is 5.21 Å². The molecule has 0 aliphatic heterocycles. The van der Waals surface area contributed by atoms with Crippen LogP contribution in [0.25, 0.3) is 0 Å². The van der Waals surface area contributed by atoms with Gasteiger partial charge in [0.2, 0.25) is 0 Å². The molecule has 0 aliphatic rings. The molecule has 0 radical (unpaired) electrons. The lowest BCUT2D eigenvalue weighted by Gasteiger charge is -2.30. The van der Waals surface area contributed by atoms with Gasteiger partial charge in [-0.25, -0.2) is 0 Å². The summed E-state index contributed by atoms with van der Waals surface area (Å²) in [5.41, 5.74) is 1.72. The van der Waals surface area contributed by atoms with E-state index in [0.717, 1.165) is 10.6 Å². The first-order valence-corrected chi connectivity index (χ1v) is 4.90. The Bertz CT molecular complexity index is 399. The predicted octanol–water partition coefficient (Wildman–Crippen LogP) is 3.19. The van der Waals surface area contributed by atoms with Crippen LogP contribution in [0.15, 0.2) is 60.7 Å². The lowest BCUT2D eigenvalue weighted by molar-refractivity contribution is 0.973. The Hall–Kier alpha value is -1.80. The molecule has 76 valence electrons. The molecule has 0 aromatic heterocycles. The van der Waals surface area contributed by atoms with Gasteiger partial charge in [0.05, 0.1) is 0 Å². The molecule has 0 bridgehead atoms. The molecule has 0 saturated carbocycles. The topological polar surface area (TPSA) is 26.3 Å². The Morgan fingerprint density at radius 2 is 1.33 bits per heavy atom. The average molecular weight is 198 g/mol. The van der Waals surface area contributed by atoms with Crippen LogP contribution in [0.2, 0.25) is 0 Å². The van der Waals surface area contributed by atoms with Crippen molar-refractivity contribution in [3.63, 3.8) is 0 Å². The molecule has 0 aliphatic carbocycles. The van der Waals surface area contributed by atoms with Gasteiger partial charge in [-0.15, -0.1) is 0 Å². The molecule has 0 spiro atoms. The molecule has 2 nitrogen and oxygen atoms in total. The number of anilines is 1. The molecule has 0 heterocycles. The number of hydroxylamine groups is 1. The predicted molar refractivity (Wildman–Crippen MR) is 62.4 cm³/mol. The molecule has 0 fully saturated rings. The first-order valence-electron chi connectivity index (χ1n) is 4.90. The van der Waals surface area contributed by atoms with Gasteiger partial charge in [-0.1, -0.05) is 48.5 Å². The first kappa shape index (κ1) is 9.74. The largest absolute Gasteiger partial charge is 0.758 e. The minimum atomic E-state index is 0.394. The van der Waals surface area contributed by atoms with Crippen LogP contribution in [0.3, 0.4) is 0 Å². The van der Waals surface area contributed by atoms with Gasteiger partial charge in [0, 0.05) is 12.2 Å².